The van der Waals surface area contributed by atoms with Gasteiger partial charge in [0, 0.05) is 27.8 Å². The standard InChI is InChI=1S/C32H21FN2O/c33-26-19-17-25(18-20-26)31(36)24-15-13-23(14-16-24)30-29(22-8-2-1-3-9-22)34-32(35-30)28-12-6-10-21-7-4-5-11-27(21)28/h1-20H,(H,34,35). The number of imidazole rings is 1. The predicted octanol–water partition coefficient (Wildman–Crippen LogP) is 7.93. The Labute approximate surface area is 207 Å². The number of ketones is 1. The van der Waals surface area contributed by atoms with Gasteiger partial charge in [0.05, 0.1) is 11.4 Å². The number of aromatic nitrogens is 2. The van der Waals surface area contributed by atoms with E-state index in [0.29, 0.717) is 11.1 Å². The fourth-order valence-corrected chi connectivity index (χ4v) is 4.50. The van der Waals surface area contributed by atoms with Crippen molar-refractivity contribution in [2.45, 2.75) is 0 Å². The molecule has 1 heterocycles. The quantitative estimate of drug-likeness (QED) is 0.261. The highest BCUT2D eigenvalue weighted by Crippen LogP contribution is 2.35. The van der Waals surface area contributed by atoms with Gasteiger partial charge >= 0.3 is 0 Å². The summed E-state index contributed by atoms with van der Waals surface area (Å²) in [6.07, 6.45) is 0. The van der Waals surface area contributed by atoms with Crippen LogP contribution in [0.2, 0.25) is 0 Å². The zero-order valence-electron chi connectivity index (χ0n) is 19.3. The molecule has 0 atom stereocenters. The summed E-state index contributed by atoms with van der Waals surface area (Å²) in [6, 6.07) is 37.6. The first-order chi connectivity index (χ1) is 17.7. The molecule has 0 fully saturated rings. The number of benzene rings is 5. The molecule has 0 aliphatic rings. The van der Waals surface area contributed by atoms with E-state index in [2.05, 4.69) is 29.2 Å². The summed E-state index contributed by atoms with van der Waals surface area (Å²) in [5, 5.41) is 2.28. The molecule has 0 saturated heterocycles. The third-order valence-electron chi connectivity index (χ3n) is 6.34. The second-order valence-corrected chi connectivity index (χ2v) is 8.62. The molecule has 0 radical (unpaired) electrons. The number of carbonyl (C=O) groups is 1. The first kappa shape index (κ1) is 21.7. The smallest absolute Gasteiger partial charge is 0.193 e. The Hall–Kier alpha value is -4.83. The zero-order valence-corrected chi connectivity index (χ0v) is 19.3. The Morgan fingerprint density at radius 3 is 2.03 bits per heavy atom. The molecule has 0 amide bonds. The average molecular weight is 469 g/mol. The SMILES string of the molecule is O=C(c1ccc(F)cc1)c1ccc(-c2[nH]c(-c3cccc4ccccc34)nc2-c2ccccc2)cc1. The van der Waals surface area contributed by atoms with Crippen LogP contribution in [-0.4, -0.2) is 15.8 Å². The van der Waals surface area contributed by atoms with Gasteiger partial charge in [-0.2, -0.15) is 0 Å². The maximum absolute atomic E-state index is 13.3. The summed E-state index contributed by atoms with van der Waals surface area (Å²) in [5.41, 5.74) is 5.67. The molecule has 1 aromatic heterocycles. The lowest BCUT2D eigenvalue weighted by Gasteiger charge is -2.06. The van der Waals surface area contributed by atoms with Gasteiger partial charge in [0.1, 0.15) is 11.6 Å². The Bertz CT molecular complexity index is 1680. The third kappa shape index (κ3) is 3.99. The lowest BCUT2D eigenvalue weighted by atomic mass is 10.00. The maximum Gasteiger partial charge on any atom is 0.193 e. The topological polar surface area (TPSA) is 45.8 Å². The summed E-state index contributed by atoms with van der Waals surface area (Å²) < 4.78 is 13.3. The summed E-state index contributed by atoms with van der Waals surface area (Å²) in [7, 11) is 0. The molecule has 0 bridgehead atoms. The number of halogens is 1. The van der Waals surface area contributed by atoms with Gasteiger partial charge in [-0.25, -0.2) is 9.37 Å². The maximum atomic E-state index is 13.3. The van der Waals surface area contributed by atoms with E-state index in [1.165, 1.54) is 24.3 Å². The highest BCUT2D eigenvalue weighted by Gasteiger charge is 2.17. The van der Waals surface area contributed by atoms with Crippen molar-refractivity contribution in [3.63, 3.8) is 0 Å². The van der Waals surface area contributed by atoms with Crippen LogP contribution in [0.4, 0.5) is 4.39 Å². The number of aromatic amines is 1. The minimum atomic E-state index is -0.364. The zero-order chi connectivity index (χ0) is 24.5. The van der Waals surface area contributed by atoms with E-state index in [1.807, 2.05) is 60.7 Å². The minimum Gasteiger partial charge on any atom is -0.337 e. The molecule has 3 nitrogen and oxygen atoms in total. The van der Waals surface area contributed by atoms with Crippen molar-refractivity contribution in [3.05, 3.63) is 138 Å². The van der Waals surface area contributed by atoms with Crippen LogP contribution in [0.15, 0.2) is 121 Å². The van der Waals surface area contributed by atoms with Crippen LogP contribution in [0.3, 0.4) is 0 Å². The molecule has 1 N–H and O–H groups in total. The van der Waals surface area contributed by atoms with Crippen LogP contribution in [0.25, 0.3) is 44.7 Å². The van der Waals surface area contributed by atoms with Gasteiger partial charge in [0.2, 0.25) is 0 Å². The van der Waals surface area contributed by atoms with E-state index in [1.54, 1.807) is 12.1 Å². The molecule has 0 unspecified atom stereocenters. The second kappa shape index (κ2) is 9.08. The molecule has 4 heteroatoms. The van der Waals surface area contributed by atoms with E-state index in [0.717, 1.165) is 44.7 Å². The van der Waals surface area contributed by atoms with Crippen molar-refractivity contribution in [1.82, 2.24) is 9.97 Å². The summed E-state index contributed by atoms with van der Waals surface area (Å²) in [5.74, 6) is 0.273. The van der Waals surface area contributed by atoms with Crippen molar-refractivity contribution in [1.29, 1.82) is 0 Å². The number of fused-ring (bicyclic) bond motifs is 1. The minimum absolute atomic E-state index is 0.147. The van der Waals surface area contributed by atoms with Gasteiger partial charge in [-0.1, -0.05) is 97.1 Å². The molecule has 0 saturated carbocycles. The lowest BCUT2D eigenvalue weighted by Crippen LogP contribution is -2.01. The average Bonchev–Trinajstić information content (AvgIpc) is 3.39. The highest BCUT2D eigenvalue weighted by atomic mass is 19.1. The number of H-pyrrole nitrogens is 1. The third-order valence-corrected chi connectivity index (χ3v) is 6.34. The Kier molecular flexibility index (Phi) is 5.47. The van der Waals surface area contributed by atoms with E-state index >= 15 is 0 Å². The normalized spacial score (nSPS) is 11.0. The molecule has 0 aliphatic heterocycles. The van der Waals surface area contributed by atoms with Crippen molar-refractivity contribution in [3.8, 4) is 33.9 Å². The van der Waals surface area contributed by atoms with E-state index < -0.39 is 0 Å². The highest BCUT2D eigenvalue weighted by molar-refractivity contribution is 6.09. The Balaban J connectivity index is 1.44. The van der Waals surface area contributed by atoms with Crippen LogP contribution >= 0.6 is 0 Å². The Morgan fingerprint density at radius 2 is 1.28 bits per heavy atom. The second-order valence-electron chi connectivity index (χ2n) is 8.62. The van der Waals surface area contributed by atoms with Gasteiger partial charge in [0.15, 0.2) is 5.78 Å². The van der Waals surface area contributed by atoms with Crippen LogP contribution in [0, 0.1) is 5.82 Å². The summed E-state index contributed by atoms with van der Waals surface area (Å²) in [4.78, 5) is 21.5. The van der Waals surface area contributed by atoms with Crippen LogP contribution in [-0.2, 0) is 0 Å². The van der Waals surface area contributed by atoms with E-state index in [-0.39, 0.29) is 11.6 Å². The van der Waals surface area contributed by atoms with Crippen molar-refractivity contribution in [2.75, 3.05) is 0 Å². The van der Waals surface area contributed by atoms with Gasteiger partial charge in [-0.05, 0) is 35.0 Å². The number of hydrogen-bond donors (Lipinski definition) is 1. The van der Waals surface area contributed by atoms with Gasteiger partial charge in [0.25, 0.3) is 0 Å². The number of rotatable bonds is 5. The predicted molar refractivity (Wildman–Crippen MR) is 142 cm³/mol. The van der Waals surface area contributed by atoms with Gasteiger partial charge < -0.3 is 4.98 Å². The molecule has 6 rings (SSSR count). The number of hydrogen-bond acceptors (Lipinski definition) is 2. The molecular formula is C32H21FN2O. The molecule has 172 valence electrons. The van der Waals surface area contributed by atoms with Crippen LogP contribution in [0.5, 0.6) is 0 Å². The molecule has 36 heavy (non-hydrogen) atoms. The first-order valence-electron chi connectivity index (χ1n) is 11.7. The number of carbonyl (C=O) groups excluding carboxylic acids is 1. The van der Waals surface area contributed by atoms with E-state index in [9.17, 15) is 9.18 Å². The van der Waals surface area contributed by atoms with Crippen molar-refractivity contribution >= 4 is 16.6 Å². The van der Waals surface area contributed by atoms with E-state index in [4.69, 9.17) is 4.98 Å². The van der Waals surface area contributed by atoms with Crippen molar-refractivity contribution < 1.29 is 9.18 Å². The van der Waals surface area contributed by atoms with Gasteiger partial charge in [-0.3, -0.25) is 4.79 Å². The fraction of sp³-hybridized carbons (Fsp3) is 0. The number of nitrogens with one attached hydrogen (secondary N) is 1. The van der Waals surface area contributed by atoms with Crippen LogP contribution in [0.1, 0.15) is 15.9 Å². The fourth-order valence-electron chi connectivity index (χ4n) is 4.50. The summed E-state index contributed by atoms with van der Waals surface area (Å²) in [6.45, 7) is 0. The molecule has 5 aromatic carbocycles. The van der Waals surface area contributed by atoms with Crippen molar-refractivity contribution in [2.24, 2.45) is 0 Å². The molecular weight excluding hydrogens is 447 g/mol. The molecule has 0 spiro atoms. The molecule has 6 aromatic rings. The van der Waals surface area contributed by atoms with Gasteiger partial charge in [-0.15, -0.1) is 0 Å². The summed E-state index contributed by atoms with van der Waals surface area (Å²) >= 11 is 0. The lowest BCUT2D eigenvalue weighted by molar-refractivity contribution is 0.103. The van der Waals surface area contributed by atoms with Crippen LogP contribution < -0.4 is 0 Å². The Morgan fingerprint density at radius 1 is 0.639 bits per heavy atom. The first-order valence-corrected chi connectivity index (χ1v) is 11.7. The monoisotopic (exact) mass is 468 g/mol. The molecule has 0 aliphatic carbocycles. The number of nitrogens with zero attached hydrogens (tertiary/aromatic N) is 1. The largest absolute Gasteiger partial charge is 0.337 e.